The minimum Gasteiger partial charge on any atom is -0.350 e. The molecule has 7 heteroatoms. The fourth-order valence-electron chi connectivity index (χ4n) is 4.66. The molecule has 0 bridgehead atoms. The van der Waals surface area contributed by atoms with Gasteiger partial charge in [0.05, 0.1) is 5.57 Å². The van der Waals surface area contributed by atoms with Gasteiger partial charge >= 0.3 is 0 Å². The van der Waals surface area contributed by atoms with E-state index in [0.29, 0.717) is 11.3 Å². The van der Waals surface area contributed by atoms with Crippen LogP contribution in [0.25, 0.3) is 16.5 Å². The molecule has 33 heavy (non-hydrogen) atoms. The van der Waals surface area contributed by atoms with Crippen molar-refractivity contribution in [1.82, 2.24) is 19.7 Å². The van der Waals surface area contributed by atoms with E-state index in [1.54, 1.807) is 0 Å². The van der Waals surface area contributed by atoms with Crippen LogP contribution in [-0.4, -0.2) is 66.0 Å². The maximum absolute atomic E-state index is 12.8. The Morgan fingerprint density at radius 2 is 1.61 bits per heavy atom. The van der Waals surface area contributed by atoms with Crippen molar-refractivity contribution in [2.24, 2.45) is 0 Å². The average Bonchev–Trinajstić information content (AvgIpc) is 3.32. The van der Waals surface area contributed by atoms with E-state index in [0.717, 1.165) is 67.8 Å². The number of aromatic nitrogens is 1. The number of carbonyl (C=O) groups is 2. The van der Waals surface area contributed by atoms with E-state index in [1.165, 1.54) is 0 Å². The molecule has 1 fully saturated rings. The first-order valence-electron chi connectivity index (χ1n) is 11.5. The number of likely N-dealkylation sites (N-methyl/N-ethyl adjacent to an activating group) is 1. The molecule has 0 radical (unpaired) electrons. The standard InChI is InChI=1S/C26H29N5O2/c1-29-14-16-30(17-15-29)12-7-13-31-18-21(20-10-5-6-11-22(20)31)23-24(26(33)28-25(23)32)27-19-8-3-2-4-9-19/h2-6,8-11,18H,7,12-17H2,1H3,(H2,27,28,32,33). The molecule has 1 saturated heterocycles. The number of imide groups is 1. The zero-order valence-corrected chi connectivity index (χ0v) is 18.9. The Balaban J connectivity index is 1.44. The average molecular weight is 444 g/mol. The lowest BCUT2D eigenvalue weighted by molar-refractivity contribution is -0.123. The number of fused-ring (bicyclic) bond motifs is 1. The van der Waals surface area contributed by atoms with Gasteiger partial charge in [0, 0.05) is 61.1 Å². The SMILES string of the molecule is CN1CCN(CCCn2cc(C3=C(Nc4ccccc4)C(=O)NC3=O)c3ccccc32)CC1. The van der Waals surface area contributed by atoms with Crippen molar-refractivity contribution in [2.75, 3.05) is 45.1 Å². The van der Waals surface area contributed by atoms with E-state index in [2.05, 4.69) is 38.1 Å². The molecule has 2 aliphatic heterocycles. The number of amides is 2. The molecule has 0 aliphatic carbocycles. The van der Waals surface area contributed by atoms with Crippen molar-refractivity contribution >= 4 is 34.0 Å². The second kappa shape index (κ2) is 9.21. The quantitative estimate of drug-likeness (QED) is 0.550. The molecular weight excluding hydrogens is 414 g/mol. The van der Waals surface area contributed by atoms with Gasteiger partial charge in [-0.05, 0) is 38.2 Å². The number of para-hydroxylation sites is 2. The van der Waals surface area contributed by atoms with Crippen LogP contribution in [0.4, 0.5) is 5.69 Å². The molecule has 3 heterocycles. The van der Waals surface area contributed by atoms with Crippen molar-refractivity contribution in [3.8, 4) is 0 Å². The van der Waals surface area contributed by atoms with Gasteiger partial charge < -0.3 is 19.7 Å². The van der Waals surface area contributed by atoms with E-state index < -0.39 is 5.91 Å². The lowest BCUT2D eigenvalue weighted by Gasteiger charge is -2.32. The highest BCUT2D eigenvalue weighted by molar-refractivity contribution is 6.38. The Kier molecular flexibility index (Phi) is 5.98. The third kappa shape index (κ3) is 4.42. The van der Waals surface area contributed by atoms with Crippen LogP contribution in [0.2, 0.25) is 0 Å². The number of nitrogens with zero attached hydrogens (tertiary/aromatic N) is 3. The second-order valence-corrected chi connectivity index (χ2v) is 8.78. The van der Waals surface area contributed by atoms with E-state index in [4.69, 9.17) is 0 Å². The number of piperazine rings is 1. The van der Waals surface area contributed by atoms with Crippen molar-refractivity contribution in [1.29, 1.82) is 0 Å². The van der Waals surface area contributed by atoms with Crippen LogP contribution in [0.15, 0.2) is 66.5 Å². The molecule has 1 aromatic heterocycles. The Morgan fingerprint density at radius 3 is 2.39 bits per heavy atom. The number of anilines is 1. The van der Waals surface area contributed by atoms with Gasteiger partial charge in [-0.2, -0.15) is 0 Å². The summed E-state index contributed by atoms with van der Waals surface area (Å²) in [5.74, 6) is -0.760. The van der Waals surface area contributed by atoms with Gasteiger partial charge in [-0.25, -0.2) is 0 Å². The molecule has 2 aliphatic rings. The summed E-state index contributed by atoms with van der Waals surface area (Å²) in [5, 5.41) is 6.60. The highest BCUT2D eigenvalue weighted by atomic mass is 16.2. The van der Waals surface area contributed by atoms with Gasteiger partial charge in [-0.1, -0.05) is 36.4 Å². The predicted octanol–water partition coefficient (Wildman–Crippen LogP) is 2.76. The smallest absolute Gasteiger partial charge is 0.275 e. The Labute approximate surface area is 193 Å². The van der Waals surface area contributed by atoms with Crippen LogP contribution in [0.1, 0.15) is 12.0 Å². The molecule has 0 unspecified atom stereocenters. The third-order valence-corrected chi connectivity index (χ3v) is 6.50. The van der Waals surface area contributed by atoms with E-state index >= 15 is 0 Å². The van der Waals surface area contributed by atoms with E-state index in [9.17, 15) is 9.59 Å². The summed E-state index contributed by atoms with van der Waals surface area (Å²) in [6.07, 6.45) is 3.05. The van der Waals surface area contributed by atoms with Crippen molar-refractivity contribution < 1.29 is 9.59 Å². The molecule has 2 N–H and O–H groups in total. The van der Waals surface area contributed by atoms with Gasteiger partial charge in [0.2, 0.25) is 0 Å². The molecule has 0 spiro atoms. The van der Waals surface area contributed by atoms with E-state index in [1.807, 2.05) is 54.7 Å². The summed E-state index contributed by atoms with van der Waals surface area (Å²) in [6.45, 7) is 6.36. The third-order valence-electron chi connectivity index (χ3n) is 6.50. The first-order chi connectivity index (χ1) is 16.1. The summed E-state index contributed by atoms with van der Waals surface area (Å²) in [4.78, 5) is 30.3. The zero-order valence-electron chi connectivity index (χ0n) is 18.9. The van der Waals surface area contributed by atoms with Crippen LogP contribution in [0.5, 0.6) is 0 Å². The lowest BCUT2D eigenvalue weighted by Crippen LogP contribution is -2.44. The van der Waals surface area contributed by atoms with Gasteiger partial charge in [0.15, 0.2) is 0 Å². The molecule has 7 nitrogen and oxygen atoms in total. The molecule has 5 rings (SSSR count). The molecule has 0 saturated carbocycles. The fourth-order valence-corrected chi connectivity index (χ4v) is 4.66. The maximum atomic E-state index is 12.8. The number of carbonyl (C=O) groups excluding carboxylic acids is 2. The lowest BCUT2D eigenvalue weighted by atomic mass is 10.0. The topological polar surface area (TPSA) is 69.6 Å². The predicted molar refractivity (Wildman–Crippen MR) is 131 cm³/mol. The zero-order chi connectivity index (χ0) is 22.8. The van der Waals surface area contributed by atoms with Crippen LogP contribution in [0, 0.1) is 0 Å². The Hall–Kier alpha value is -3.42. The van der Waals surface area contributed by atoms with Crippen molar-refractivity contribution in [3.63, 3.8) is 0 Å². The maximum Gasteiger partial charge on any atom is 0.275 e. The van der Waals surface area contributed by atoms with Gasteiger partial charge in [0.25, 0.3) is 11.8 Å². The van der Waals surface area contributed by atoms with Gasteiger partial charge in [0.1, 0.15) is 5.70 Å². The van der Waals surface area contributed by atoms with Crippen LogP contribution >= 0.6 is 0 Å². The molecular formula is C26H29N5O2. The number of benzene rings is 2. The monoisotopic (exact) mass is 443 g/mol. The first kappa shape index (κ1) is 21.4. The highest BCUT2D eigenvalue weighted by Gasteiger charge is 2.33. The van der Waals surface area contributed by atoms with Crippen molar-refractivity contribution in [3.05, 3.63) is 72.1 Å². The largest absolute Gasteiger partial charge is 0.350 e. The second-order valence-electron chi connectivity index (χ2n) is 8.78. The summed E-state index contributed by atoms with van der Waals surface area (Å²) in [6, 6.07) is 17.5. The normalized spacial score (nSPS) is 17.7. The number of hydrogen-bond acceptors (Lipinski definition) is 5. The minimum absolute atomic E-state index is 0.298. The van der Waals surface area contributed by atoms with Crippen LogP contribution in [-0.2, 0) is 16.1 Å². The number of hydrogen-bond donors (Lipinski definition) is 2. The summed E-state index contributed by atoms with van der Waals surface area (Å²) in [7, 11) is 2.17. The molecule has 170 valence electrons. The number of nitrogens with one attached hydrogen (secondary N) is 2. The van der Waals surface area contributed by atoms with Crippen LogP contribution in [0.3, 0.4) is 0 Å². The highest BCUT2D eigenvalue weighted by Crippen LogP contribution is 2.32. The summed E-state index contributed by atoms with van der Waals surface area (Å²) >= 11 is 0. The van der Waals surface area contributed by atoms with Crippen LogP contribution < -0.4 is 10.6 Å². The van der Waals surface area contributed by atoms with E-state index in [-0.39, 0.29) is 5.91 Å². The van der Waals surface area contributed by atoms with Gasteiger partial charge in [-0.3, -0.25) is 14.9 Å². The fraction of sp³-hybridized carbons (Fsp3) is 0.308. The molecule has 2 aromatic carbocycles. The minimum atomic E-state index is -0.397. The summed E-state index contributed by atoms with van der Waals surface area (Å²) in [5.41, 5.74) is 3.33. The molecule has 0 atom stereocenters. The van der Waals surface area contributed by atoms with Crippen molar-refractivity contribution in [2.45, 2.75) is 13.0 Å². The first-order valence-corrected chi connectivity index (χ1v) is 11.5. The Morgan fingerprint density at radius 1 is 0.879 bits per heavy atom. The Bertz CT molecular complexity index is 1210. The summed E-state index contributed by atoms with van der Waals surface area (Å²) < 4.78 is 2.21. The van der Waals surface area contributed by atoms with Gasteiger partial charge in [-0.15, -0.1) is 0 Å². The molecule has 2 amide bonds. The molecule has 3 aromatic rings. The number of rotatable bonds is 7. The number of aryl methyl sites for hydroxylation is 1.